The first-order chi connectivity index (χ1) is 19.0. The molecule has 4 atom stereocenters. The summed E-state index contributed by atoms with van der Waals surface area (Å²) in [5.41, 5.74) is 7.37. The zero-order valence-electron chi connectivity index (χ0n) is 26.6. The number of esters is 1. The lowest BCUT2D eigenvalue weighted by molar-refractivity contribution is -0.143. The van der Waals surface area contributed by atoms with E-state index in [1.54, 1.807) is 18.5 Å². The molecule has 1 aliphatic carbocycles. The molecule has 9 nitrogen and oxygen atoms in total. The Morgan fingerprint density at radius 3 is 2.37 bits per heavy atom. The van der Waals surface area contributed by atoms with Crippen LogP contribution in [0.2, 0.25) is 18.1 Å². The van der Waals surface area contributed by atoms with E-state index in [1.165, 1.54) is 14.2 Å². The number of oxime groups is 1. The third kappa shape index (κ3) is 9.60. The van der Waals surface area contributed by atoms with E-state index in [-0.39, 0.29) is 35.1 Å². The van der Waals surface area contributed by atoms with Crippen molar-refractivity contribution in [3.63, 3.8) is 0 Å². The van der Waals surface area contributed by atoms with Gasteiger partial charge in [-0.25, -0.2) is 4.79 Å². The van der Waals surface area contributed by atoms with Gasteiger partial charge in [0, 0.05) is 6.04 Å². The maximum Gasteiger partial charge on any atom is 0.410 e. The van der Waals surface area contributed by atoms with Gasteiger partial charge in [0.1, 0.15) is 12.7 Å². The van der Waals surface area contributed by atoms with Crippen LogP contribution in [-0.2, 0) is 23.5 Å². The van der Waals surface area contributed by atoms with Crippen LogP contribution in [0.4, 0.5) is 4.79 Å². The maximum atomic E-state index is 13.8. The fourth-order valence-corrected chi connectivity index (χ4v) is 6.06. The molecule has 2 aliphatic rings. The molecule has 230 valence electrons. The maximum absolute atomic E-state index is 13.8. The van der Waals surface area contributed by atoms with E-state index in [1.807, 2.05) is 43.9 Å². The molecule has 1 fully saturated rings. The first-order valence-electron chi connectivity index (χ1n) is 14.3. The van der Waals surface area contributed by atoms with Crippen molar-refractivity contribution in [3.05, 3.63) is 47.7 Å². The molecule has 4 unspecified atom stereocenters. The van der Waals surface area contributed by atoms with Gasteiger partial charge in [0.25, 0.3) is 0 Å². The van der Waals surface area contributed by atoms with Crippen LogP contribution in [-0.4, -0.2) is 69.5 Å². The summed E-state index contributed by atoms with van der Waals surface area (Å²) in [6.45, 7) is 16.6. The molecule has 1 aliphatic heterocycles. The summed E-state index contributed by atoms with van der Waals surface area (Å²) in [7, 11) is 0.584. The lowest BCUT2D eigenvalue weighted by atomic mass is 9.93. The topological polar surface area (TPSA) is 113 Å². The molecule has 1 saturated heterocycles. The van der Waals surface area contributed by atoms with Crippen LogP contribution in [0.1, 0.15) is 67.2 Å². The van der Waals surface area contributed by atoms with Gasteiger partial charge in [-0.1, -0.05) is 55.8 Å². The molecule has 10 heteroatoms. The van der Waals surface area contributed by atoms with E-state index in [9.17, 15) is 9.59 Å². The molecular formula is C31H51N3O6Si. The Morgan fingerprint density at radius 1 is 1.17 bits per heavy atom. The van der Waals surface area contributed by atoms with Crippen molar-refractivity contribution in [2.24, 2.45) is 16.8 Å². The van der Waals surface area contributed by atoms with Crippen LogP contribution >= 0.6 is 0 Å². The van der Waals surface area contributed by atoms with Crippen molar-refractivity contribution >= 4 is 26.6 Å². The zero-order valence-corrected chi connectivity index (χ0v) is 27.6. The average molecular weight is 590 g/mol. The largest absolute Gasteiger partial charge is 0.469 e. The first-order valence-corrected chi connectivity index (χ1v) is 17.2. The van der Waals surface area contributed by atoms with Crippen LogP contribution < -0.4 is 5.73 Å². The summed E-state index contributed by atoms with van der Waals surface area (Å²) in [6.07, 6.45) is 14.5. The number of amides is 1. The van der Waals surface area contributed by atoms with E-state index >= 15 is 0 Å². The van der Waals surface area contributed by atoms with Gasteiger partial charge < -0.3 is 24.5 Å². The third-order valence-corrected chi connectivity index (χ3v) is 12.4. The molecule has 0 spiro atoms. The minimum absolute atomic E-state index is 0.0607. The van der Waals surface area contributed by atoms with Gasteiger partial charge in [0.05, 0.1) is 31.4 Å². The Labute approximate surface area is 247 Å². The Morgan fingerprint density at radius 2 is 1.85 bits per heavy atom. The highest BCUT2D eigenvalue weighted by molar-refractivity contribution is 6.74. The smallest absolute Gasteiger partial charge is 0.410 e. The Hall–Kier alpha value is -2.85. The Balaban J connectivity index is 2.49. The average Bonchev–Trinajstić information content (AvgIpc) is 3.29. The van der Waals surface area contributed by atoms with Crippen molar-refractivity contribution in [3.8, 4) is 0 Å². The molecule has 1 amide bonds. The quantitative estimate of drug-likeness (QED) is 0.105. The number of nitrogens with zero attached hydrogens (tertiary/aromatic N) is 2. The normalized spacial score (nSPS) is 23.2. The van der Waals surface area contributed by atoms with Crippen LogP contribution in [0.25, 0.3) is 0 Å². The fraction of sp³-hybridized carbons (Fsp3) is 0.645. The SMILES string of the molecule is CON=CC=CC(=CN)C(O[Si](C)(C)C(C)(C)C)C1CCC(CC2=CCC(C(=O)OC)C=C2)N1C(=O)OC(C)(C)C. The number of ether oxygens (including phenoxy) is 2. The molecule has 0 aromatic carbocycles. The van der Waals surface area contributed by atoms with Gasteiger partial charge in [0.15, 0.2) is 8.32 Å². The molecule has 0 aromatic rings. The van der Waals surface area contributed by atoms with Crippen molar-refractivity contribution in [2.45, 2.75) is 109 Å². The van der Waals surface area contributed by atoms with Crippen molar-refractivity contribution in [1.82, 2.24) is 4.90 Å². The summed E-state index contributed by atoms with van der Waals surface area (Å²) in [6, 6.07) is -0.400. The van der Waals surface area contributed by atoms with Crippen LogP contribution in [0.3, 0.4) is 0 Å². The van der Waals surface area contributed by atoms with Gasteiger partial charge in [-0.05, 0) is 82.4 Å². The van der Waals surface area contributed by atoms with Gasteiger partial charge in [-0.15, -0.1) is 0 Å². The number of allylic oxidation sites excluding steroid dienone is 3. The number of nitrogens with two attached hydrogens (primary N) is 1. The molecule has 2 N–H and O–H groups in total. The van der Waals surface area contributed by atoms with Crippen LogP contribution in [0.15, 0.2) is 52.9 Å². The minimum Gasteiger partial charge on any atom is -0.469 e. The summed E-state index contributed by atoms with van der Waals surface area (Å²) < 4.78 is 17.9. The number of carbonyl (C=O) groups is 2. The number of carbonyl (C=O) groups excluding carboxylic acids is 2. The van der Waals surface area contributed by atoms with Crippen LogP contribution in [0.5, 0.6) is 0 Å². The molecule has 0 radical (unpaired) electrons. The Kier molecular flexibility index (Phi) is 12.0. The molecule has 0 saturated carbocycles. The third-order valence-electron chi connectivity index (χ3n) is 7.94. The summed E-state index contributed by atoms with van der Waals surface area (Å²) in [4.78, 5) is 32.5. The van der Waals surface area contributed by atoms with E-state index in [4.69, 9.17) is 24.5 Å². The first kappa shape index (κ1) is 34.3. The van der Waals surface area contributed by atoms with E-state index in [0.717, 1.165) is 24.0 Å². The predicted octanol–water partition coefficient (Wildman–Crippen LogP) is 6.24. The second-order valence-corrected chi connectivity index (χ2v) is 17.9. The minimum atomic E-state index is -2.30. The highest BCUT2D eigenvalue weighted by Crippen LogP contribution is 2.42. The van der Waals surface area contributed by atoms with E-state index in [0.29, 0.717) is 12.8 Å². The predicted molar refractivity (Wildman–Crippen MR) is 166 cm³/mol. The lowest BCUT2D eigenvalue weighted by Crippen LogP contribution is -2.54. The van der Waals surface area contributed by atoms with Crippen LogP contribution in [0, 0.1) is 5.92 Å². The van der Waals surface area contributed by atoms with Gasteiger partial charge in [-0.3, -0.25) is 9.69 Å². The second kappa shape index (κ2) is 14.4. The molecule has 0 aromatic heterocycles. The number of hydrogen-bond donors (Lipinski definition) is 1. The lowest BCUT2D eigenvalue weighted by Gasteiger charge is -2.43. The number of rotatable bonds is 10. The molecule has 0 bridgehead atoms. The highest BCUT2D eigenvalue weighted by atomic mass is 28.4. The Bertz CT molecular complexity index is 1060. The second-order valence-electron chi connectivity index (χ2n) is 13.2. The summed E-state index contributed by atoms with van der Waals surface area (Å²) >= 11 is 0. The van der Waals surface area contributed by atoms with Crippen molar-refractivity contribution in [2.75, 3.05) is 14.2 Å². The number of likely N-dealkylation sites (tertiary alicyclic amines) is 1. The fourth-order valence-electron chi connectivity index (χ4n) is 4.78. The van der Waals surface area contributed by atoms with Crippen molar-refractivity contribution in [1.29, 1.82) is 0 Å². The molecule has 41 heavy (non-hydrogen) atoms. The highest BCUT2D eigenvalue weighted by Gasteiger charge is 2.48. The molecule has 1 heterocycles. The molecular weight excluding hydrogens is 538 g/mol. The van der Waals surface area contributed by atoms with E-state index in [2.05, 4.69) is 45.1 Å². The monoisotopic (exact) mass is 589 g/mol. The van der Waals surface area contributed by atoms with E-state index < -0.39 is 20.0 Å². The number of hydrogen-bond acceptors (Lipinski definition) is 8. The summed E-state index contributed by atoms with van der Waals surface area (Å²) in [5, 5.41) is 3.73. The van der Waals surface area contributed by atoms with Gasteiger partial charge in [-0.2, -0.15) is 0 Å². The summed E-state index contributed by atoms with van der Waals surface area (Å²) in [5.74, 6) is -0.529. The van der Waals surface area contributed by atoms with Gasteiger partial charge in [0.2, 0.25) is 0 Å². The number of methoxy groups -OCH3 is 1. The standard InChI is InChI=1S/C31H51N3O6Si/c1-30(2,3)39-29(36)34-25(20-22-13-15-23(16-14-22)28(35)37-7)17-18-26(34)27(40-41(9,10)31(4,5)6)24(21-32)12-11-19-33-38-8/h11-15,19,21,23,25-27H,16-18,20,32H2,1-10H3. The molecule has 2 rings (SSSR count). The zero-order chi connectivity index (χ0) is 31.0. The van der Waals surface area contributed by atoms with Gasteiger partial charge >= 0.3 is 12.1 Å². The van der Waals surface area contributed by atoms with Crippen molar-refractivity contribution < 1.29 is 28.3 Å².